The van der Waals surface area contributed by atoms with Crippen LogP contribution in [-0.4, -0.2) is 12.1 Å². The molecule has 2 nitrogen and oxygen atoms in total. The van der Waals surface area contributed by atoms with E-state index in [0.717, 1.165) is 45.8 Å². The summed E-state index contributed by atoms with van der Waals surface area (Å²) in [7, 11) is 1.68. The molecule has 2 aromatic rings. The zero-order chi connectivity index (χ0) is 12.7. The molecule has 18 heavy (non-hydrogen) atoms. The predicted molar refractivity (Wildman–Crippen MR) is 74.7 cm³/mol. The zero-order valence-electron chi connectivity index (χ0n) is 10.7. The minimum Gasteiger partial charge on any atom is -0.494 e. The monoisotopic (exact) mass is 261 g/mol. The van der Waals surface area contributed by atoms with Gasteiger partial charge in [-0.3, -0.25) is 0 Å². The van der Waals surface area contributed by atoms with Crippen molar-refractivity contribution >= 4 is 22.5 Å². The van der Waals surface area contributed by atoms with Gasteiger partial charge >= 0.3 is 0 Å². The third-order valence-electron chi connectivity index (χ3n) is 3.74. The maximum atomic E-state index is 6.60. The van der Waals surface area contributed by atoms with E-state index in [-0.39, 0.29) is 0 Å². The van der Waals surface area contributed by atoms with Crippen LogP contribution in [0.4, 0.5) is 0 Å². The lowest BCUT2D eigenvalue weighted by Crippen LogP contribution is -2.07. The lowest BCUT2D eigenvalue weighted by molar-refractivity contribution is 0.418. The first-order valence-electron chi connectivity index (χ1n) is 6.37. The van der Waals surface area contributed by atoms with E-state index in [4.69, 9.17) is 21.3 Å². The Kier molecular flexibility index (Phi) is 2.90. The van der Waals surface area contributed by atoms with Gasteiger partial charge in [0.15, 0.2) is 0 Å². The largest absolute Gasteiger partial charge is 0.494 e. The van der Waals surface area contributed by atoms with Gasteiger partial charge in [0.2, 0.25) is 0 Å². The van der Waals surface area contributed by atoms with E-state index in [1.54, 1.807) is 7.11 Å². The van der Waals surface area contributed by atoms with Crippen molar-refractivity contribution in [2.24, 2.45) is 0 Å². The molecule has 94 valence electrons. The van der Waals surface area contributed by atoms with Crippen molar-refractivity contribution in [2.75, 3.05) is 7.11 Å². The predicted octanol–water partition coefficient (Wildman–Crippen LogP) is 4.08. The number of aromatic nitrogens is 1. The Balaban J connectivity index is 2.41. The van der Waals surface area contributed by atoms with Crippen LogP contribution in [0, 0.1) is 6.92 Å². The van der Waals surface area contributed by atoms with E-state index in [0.29, 0.717) is 0 Å². The van der Waals surface area contributed by atoms with Crippen molar-refractivity contribution in [1.82, 2.24) is 4.98 Å². The summed E-state index contributed by atoms with van der Waals surface area (Å²) in [6, 6.07) is 4.01. The summed E-state index contributed by atoms with van der Waals surface area (Å²) in [5.41, 5.74) is 4.47. The highest BCUT2D eigenvalue weighted by Crippen LogP contribution is 2.37. The Bertz CT molecular complexity index is 622. The smallest absolute Gasteiger partial charge is 0.145 e. The van der Waals surface area contributed by atoms with Gasteiger partial charge in [-0.2, -0.15) is 0 Å². The number of fused-ring (bicyclic) bond motifs is 2. The second-order valence-corrected chi connectivity index (χ2v) is 5.24. The number of rotatable bonds is 1. The quantitative estimate of drug-likeness (QED) is 0.772. The molecular weight excluding hydrogens is 246 g/mol. The van der Waals surface area contributed by atoms with Crippen LogP contribution in [0.5, 0.6) is 5.75 Å². The standard InChI is InChI=1S/C15H16ClNO/c1-9-7-8-12(18-2)15-13(9)14(16)10-5-3-4-6-11(10)17-15/h7-8H,3-6H2,1-2H3. The number of methoxy groups -OCH3 is 1. The highest BCUT2D eigenvalue weighted by molar-refractivity contribution is 6.36. The molecule has 0 spiro atoms. The first kappa shape index (κ1) is 11.8. The van der Waals surface area contributed by atoms with Gasteiger partial charge in [0.25, 0.3) is 0 Å². The number of aryl methyl sites for hydroxylation is 2. The first-order chi connectivity index (χ1) is 8.72. The SMILES string of the molecule is COc1ccc(C)c2c(Cl)c3c(nc12)CCCC3. The van der Waals surface area contributed by atoms with Crippen LogP contribution in [-0.2, 0) is 12.8 Å². The molecule has 0 radical (unpaired) electrons. The number of pyridine rings is 1. The molecule has 0 N–H and O–H groups in total. The molecule has 1 aromatic heterocycles. The molecule has 0 fully saturated rings. The van der Waals surface area contributed by atoms with Crippen molar-refractivity contribution in [1.29, 1.82) is 0 Å². The van der Waals surface area contributed by atoms with E-state index in [2.05, 4.69) is 6.92 Å². The fraction of sp³-hybridized carbons (Fsp3) is 0.400. The first-order valence-corrected chi connectivity index (χ1v) is 6.74. The molecule has 0 saturated carbocycles. The Labute approximate surface area is 112 Å². The third-order valence-corrected chi connectivity index (χ3v) is 4.16. The molecule has 0 bridgehead atoms. The van der Waals surface area contributed by atoms with E-state index < -0.39 is 0 Å². The normalized spacial score (nSPS) is 14.6. The number of hydrogen-bond donors (Lipinski definition) is 0. The lowest BCUT2D eigenvalue weighted by Gasteiger charge is -2.19. The summed E-state index contributed by atoms with van der Waals surface area (Å²) in [4.78, 5) is 4.80. The summed E-state index contributed by atoms with van der Waals surface area (Å²) in [6.45, 7) is 2.07. The molecule has 1 aromatic carbocycles. The van der Waals surface area contributed by atoms with Crippen molar-refractivity contribution in [3.05, 3.63) is 34.0 Å². The van der Waals surface area contributed by atoms with Crippen molar-refractivity contribution in [2.45, 2.75) is 32.6 Å². The maximum absolute atomic E-state index is 6.60. The van der Waals surface area contributed by atoms with Crippen LogP contribution in [0.15, 0.2) is 12.1 Å². The molecule has 1 aliphatic rings. The minimum atomic E-state index is 0.811. The van der Waals surface area contributed by atoms with Gasteiger partial charge in [0.05, 0.1) is 12.1 Å². The fourth-order valence-electron chi connectivity index (χ4n) is 2.76. The number of hydrogen-bond acceptors (Lipinski definition) is 2. The molecule has 1 heterocycles. The van der Waals surface area contributed by atoms with Gasteiger partial charge in [-0.05, 0) is 49.8 Å². The fourth-order valence-corrected chi connectivity index (χ4v) is 3.20. The van der Waals surface area contributed by atoms with Gasteiger partial charge in [0, 0.05) is 11.1 Å². The molecule has 1 aliphatic carbocycles. The topological polar surface area (TPSA) is 22.1 Å². The third kappa shape index (κ3) is 1.67. The van der Waals surface area contributed by atoms with E-state index in [1.807, 2.05) is 12.1 Å². The Morgan fingerprint density at radius 3 is 2.78 bits per heavy atom. The Morgan fingerprint density at radius 2 is 2.00 bits per heavy atom. The van der Waals surface area contributed by atoms with Gasteiger partial charge in [-0.25, -0.2) is 4.98 Å². The van der Waals surface area contributed by atoms with Crippen LogP contribution < -0.4 is 4.74 Å². The van der Waals surface area contributed by atoms with Gasteiger partial charge in [-0.1, -0.05) is 17.7 Å². The van der Waals surface area contributed by atoms with Gasteiger partial charge in [-0.15, -0.1) is 0 Å². The van der Waals surface area contributed by atoms with Crippen LogP contribution in [0.1, 0.15) is 29.7 Å². The number of ether oxygens (including phenoxy) is 1. The molecule has 3 rings (SSSR count). The Hall–Kier alpha value is -1.28. The summed E-state index contributed by atoms with van der Waals surface area (Å²) in [6.07, 6.45) is 4.49. The highest BCUT2D eigenvalue weighted by atomic mass is 35.5. The summed E-state index contributed by atoms with van der Waals surface area (Å²) < 4.78 is 5.41. The number of nitrogens with zero attached hydrogens (tertiary/aromatic N) is 1. The minimum absolute atomic E-state index is 0.811. The number of benzene rings is 1. The van der Waals surface area contributed by atoms with Crippen LogP contribution in [0.25, 0.3) is 10.9 Å². The average Bonchev–Trinajstić information content (AvgIpc) is 2.39. The van der Waals surface area contributed by atoms with E-state index >= 15 is 0 Å². The lowest BCUT2D eigenvalue weighted by atomic mass is 9.93. The van der Waals surface area contributed by atoms with Crippen LogP contribution in [0.3, 0.4) is 0 Å². The van der Waals surface area contributed by atoms with E-state index in [9.17, 15) is 0 Å². The summed E-state index contributed by atoms with van der Waals surface area (Å²) >= 11 is 6.60. The maximum Gasteiger partial charge on any atom is 0.145 e. The van der Waals surface area contributed by atoms with Gasteiger partial charge in [0.1, 0.15) is 11.3 Å². The molecule has 3 heteroatoms. The Morgan fingerprint density at radius 1 is 1.22 bits per heavy atom. The molecule has 0 unspecified atom stereocenters. The average molecular weight is 262 g/mol. The molecule has 0 amide bonds. The van der Waals surface area contributed by atoms with Crippen molar-refractivity contribution in [3.63, 3.8) is 0 Å². The van der Waals surface area contributed by atoms with Gasteiger partial charge < -0.3 is 4.74 Å². The van der Waals surface area contributed by atoms with Crippen molar-refractivity contribution < 1.29 is 4.74 Å². The molecule has 0 atom stereocenters. The molecule has 0 aliphatic heterocycles. The molecule has 0 saturated heterocycles. The summed E-state index contributed by atoms with van der Waals surface area (Å²) in [5, 5.41) is 1.93. The second-order valence-electron chi connectivity index (χ2n) is 4.87. The van der Waals surface area contributed by atoms with Crippen molar-refractivity contribution in [3.8, 4) is 5.75 Å². The molecular formula is C15H16ClNO. The van der Waals surface area contributed by atoms with Crippen LogP contribution in [0.2, 0.25) is 5.02 Å². The number of halogens is 1. The highest BCUT2D eigenvalue weighted by Gasteiger charge is 2.19. The zero-order valence-corrected chi connectivity index (χ0v) is 11.5. The van der Waals surface area contributed by atoms with E-state index in [1.165, 1.54) is 18.4 Å². The summed E-state index contributed by atoms with van der Waals surface area (Å²) in [5.74, 6) is 0.811. The second kappa shape index (κ2) is 4.43. The van der Waals surface area contributed by atoms with Crippen LogP contribution >= 0.6 is 11.6 Å².